The van der Waals surface area contributed by atoms with E-state index in [2.05, 4.69) is 10.3 Å². The third-order valence-corrected chi connectivity index (χ3v) is 4.73. The molecule has 0 saturated heterocycles. The summed E-state index contributed by atoms with van der Waals surface area (Å²) in [6.07, 6.45) is 0. The fraction of sp³-hybridized carbons (Fsp3) is 0.174. The van der Waals surface area contributed by atoms with Crippen molar-refractivity contribution in [1.82, 2.24) is 0 Å². The number of ether oxygens (including phenoxy) is 3. The highest BCUT2D eigenvalue weighted by molar-refractivity contribution is 14.0. The summed E-state index contributed by atoms with van der Waals surface area (Å²) < 4.78 is 16.4. The largest absolute Gasteiger partial charge is 0.493 e. The lowest BCUT2D eigenvalue weighted by Crippen LogP contribution is -2.22. The van der Waals surface area contributed by atoms with E-state index in [0.717, 1.165) is 16.8 Å². The van der Waals surface area contributed by atoms with Gasteiger partial charge in [-0.25, -0.2) is 4.99 Å². The van der Waals surface area contributed by atoms with Crippen LogP contribution in [0.1, 0.15) is 11.1 Å². The van der Waals surface area contributed by atoms with Crippen molar-refractivity contribution in [1.29, 1.82) is 0 Å². The maximum atomic E-state index is 6.16. The molecule has 3 aromatic rings. The van der Waals surface area contributed by atoms with Crippen molar-refractivity contribution >= 4 is 47.2 Å². The van der Waals surface area contributed by atoms with E-state index in [1.54, 1.807) is 32.4 Å². The summed E-state index contributed by atoms with van der Waals surface area (Å²) in [5.41, 5.74) is 8.85. The molecule has 0 saturated carbocycles. The lowest BCUT2D eigenvalue weighted by molar-refractivity contribution is 0.305. The van der Waals surface area contributed by atoms with Crippen molar-refractivity contribution in [3.63, 3.8) is 0 Å². The fourth-order valence-corrected chi connectivity index (χ4v) is 3.03. The van der Waals surface area contributed by atoms with Gasteiger partial charge in [-0.3, -0.25) is 0 Å². The highest BCUT2D eigenvalue weighted by Crippen LogP contribution is 2.29. The molecule has 0 aliphatic heterocycles. The maximum absolute atomic E-state index is 6.16. The highest BCUT2D eigenvalue weighted by atomic mass is 127. The van der Waals surface area contributed by atoms with Gasteiger partial charge in [-0.15, -0.1) is 24.0 Å². The average Bonchev–Trinajstić information content (AvgIpc) is 2.77. The number of rotatable bonds is 8. The van der Waals surface area contributed by atoms with Crippen LogP contribution in [0.4, 0.5) is 5.69 Å². The molecule has 3 rings (SSSR count). The summed E-state index contributed by atoms with van der Waals surface area (Å²) >= 11 is 6.16. The zero-order valence-electron chi connectivity index (χ0n) is 17.3. The number of hydrogen-bond donors (Lipinski definition) is 2. The summed E-state index contributed by atoms with van der Waals surface area (Å²) in [6.45, 7) is 0.798. The topological polar surface area (TPSA) is 78.1 Å². The Kier molecular flexibility index (Phi) is 9.74. The molecule has 0 amide bonds. The Morgan fingerprint density at radius 3 is 2.29 bits per heavy atom. The van der Waals surface area contributed by atoms with Crippen molar-refractivity contribution in [2.24, 2.45) is 10.7 Å². The summed E-state index contributed by atoms with van der Waals surface area (Å²) in [5, 5.41) is 3.65. The number of benzene rings is 3. The van der Waals surface area contributed by atoms with Crippen LogP contribution in [0, 0.1) is 0 Å². The SMILES string of the molecule is COc1ccc(NC(N)=NCc2ccccc2COc2ccccc2Cl)cc1OC.I. The lowest BCUT2D eigenvalue weighted by atomic mass is 10.1. The number of halogens is 2. The van der Waals surface area contributed by atoms with E-state index in [1.807, 2.05) is 48.5 Å². The normalized spacial score (nSPS) is 10.7. The first-order chi connectivity index (χ1) is 14.6. The minimum absolute atomic E-state index is 0. The monoisotopic (exact) mass is 553 g/mol. The number of nitrogens with one attached hydrogen (secondary N) is 1. The minimum atomic E-state index is 0. The average molecular weight is 554 g/mol. The molecule has 6 nitrogen and oxygen atoms in total. The molecule has 0 aromatic heterocycles. The van der Waals surface area contributed by atoms with Crippen LogP contribution in [0.5, 0.6) is 17.2 Å². The summed E-state index contributed by atoms with van der Waals surface area (Å²) in [5.74, 6) is 2.19. The van der Waals surface area contributed by atoms with Gasteiger partial charge in [0.05, 0.1) is 25.8 Å². The Morgan fingerprint density at radius 1 is 0.903 bits per heavy atom. The number of aliphatic imine (C=N–C) groups is 1. The van der Waals surface area contributed by atoms with Crippen molar-refractivity contribution in [2.45, 2.75) is 13.2 Å². The van der Waals surface area contributed by atoms with Gasteiger partial charge >= 0.3 is 0 Å². The van der Waals surface area contributed by atoms with Crippen LogP contribution in [0.25, 0.3) is 0 Å². The number of methoxy groups -OCH3 is 2. The van der Waals surface area contributed by atoms with E-state index in [-0.39, 0.29) is 24.0 Å². The van der Waals surface area contributed by atoms with Crippen LogP contribution < -0.4 is 25.3 Å². The Labute approximate surface area is 204 Å². The zero-order chi connectivity index (χ0) is 21.3. The first kappa shape index (κ1) is 24.6. The summed E-state index contributed by atoms with van der Waals surface area (Å²) in [4.78, 5) is 4.45. The Morgan fingerprint density at radius 2 is 1.58 bits per heavy atom. The smallest absolute Gasteiger partial charge is 0.193 e. The van der Waals surface area contributed by atoms with Gasteiger partial charge in [0.1, 0.15) is 12.4 Å². The van der Waals surface area contributed by atoms with Gasteiger partial charge in [0.15, 0.2) is 17.5 Å². The molecular weight excluding hydrogens is 529 g/mol. The number of hydrogen-bond acceptors (Lipinski definition) is 4. The van der Waals surface area contributed by atoms with Crippen LogP contribution >= 0.6 is 35.6 Å². The van der Waals surface area contributed by atoms with E-state index < -0.39 is 0 Å². The molecule has 8 heteroatoms. The predicted octanol–water partition coefficient (Wildman–Crippen LogP) is 5.48. The maximum Gasteiger partial charge on any atom is 0.193 e. The number of nitrogens with two attached hydrogens (primary N) is 1. The first-order valence-corrected chi connectivity index (χ1v) is 9.71. The van der Waals surface area contributed by atoms with E-state index in [9.17, 15) is 0 Å². The first-order valence-electron chi connectivity index (χ1n) is 9.33. The Balaban J connectivity index is 0.00000341. The van der Waals surface area contributed by atoms with Crippen LogP contribution in [0.2, 0.25) is 5.02 Å². The molecular formula is C23H25ClIN3O3. The van der Waals surface area contributed by atoms with Gasteiger partial charge in [-0.05, 0) is 35.4 Å². The van der Waals surface area contributed by atoms with Crippen molar-refractivity contribution in [3.8, 4) is 17.2 Å². The van der Waals surface area contributed by atoms with Gasteiger partial charge < -0.3 is 25.3 Å². The second-order valence-electron chi connectivity index (χ2n) is 6.38. The van der Waals surface area contributed by atoms with Crippen LogP contribution in [-0.2, 0) is 13.2 Å². The second kappa shape index (κ2) is 12.3. The van der Waals surface area contributed by atoms with E-state index in [4.69, 9.17) is 31.5 Å². The Bertz CT molecular complexity index is 1030. The summed E-state index contributed by atoms with van der Waals surface area (Å²) in [7, 11) is 3.17. The molecule has 0 unspecified atom stereocenters. The molecule has 0 aliphatic rings. The molecule has 0 atom stereocenters. The fourth-order valence-electron chi connectivity index (χ4n) is 2.84. The standard InChI is InChI=1S/C23H24ClN3O3.HI/c1-28-21-12-11-18(13-22(21)29-2)27-23(25)26-14-16-7-3-4-8-17(16)15-30-20-10-6-5-9-19(20)24;/h3-13H,14-15H2,1-2H3,(H3,25,26,27);1H. The number of para-hydroxylation sites is 1. The second-order valence-corrected chi connectivity index (χ2v) is 6.79. The van der Waals surface area contributed by atoms with Crippen LogP contribution in [0.15, 0.2) is 71.7 Å². The Hall–Kier alpha value is -2.65. The molecule has 0 heterocycles. The molecule has 0 radical (unpaired) electrons. The number of guanidine groups is 1. The number of anilines is 1. The molecule has 0 fully saturated rings. The molecule has 0 aliphatic carbocycles. The molecule has 3 N–H and O–H groups in total. The van der Waals surface area contributed by atoms with Crippen molar-refractivity contribution in [2.75, 3.05) is 19.5 Å². The predicted molar refractivity (Wildman–Crippen MR) is 136 cm³/mol. The van der Waals surface area contributed by atoms with E-state index in [1.165, 1.54) is 0 Å². The lowest BCUT2D eigenvalue weighted by Gasteiger charge is -2.12. The van der Waals surface area contributed by atoms with Gasteiger partial charge in [-0.2, -0.15) is 0 Å². The van der Waals surface area contributed by atoms with Crippen molar-refractivity contribution in [3.05, 3.63) is 82.9 Å². The quantitative estimate of drug-likeness (QED) is 0.219. The highest BCUT2D eigenvalue weighted by Gasteiger charge is 2.07. The van der Waals surface area contributed by atoms with Crippen LogP contribution in [-0.4, -0.2) is 20.2 Å². The van der Waals surface area contributed by atoms with Gasteiger partial charge in [-0.1, -0.05) is 48.0 Å². The van der Waals surface area contributed by atoms with E-state index in [0.29, 0.717) is 41.4 Å². The van der Waals surface area contributed by atoms with Crippen LogP contribution in [0.3, 0.4) is 0 Å². The zero-order valence-corrected chi connectivity index (χ0v) is 20.4. The van der Waals surface area contributed by atoms with Gasteiger partial charge in [0.2, 0.25) is 0 Å². The van der Waals surface area contributed by atoms with Crippen molar-refractivity contribution < 1.29 is 14.2 Å². The number of nitrogens with zero attached hydrogens (tertiary/aromatic N) is 1. The molecule has 3 aromatic carbocycles. The third-order valence-electron chi connectivity index (χ3n) is 4.41. The molecule has 31 heavy (non-hydrogen) atoms. The molecule has 164 valence electrons. The molecule has 0 bridgehead atoms. The summed E-state index contributed by atoms with van der Waals surface area (Å²) in [6, 6.07) is 20.8. The third kappa shape index (κ3) is 6.93. The minimum Gasteiger partial charge on any atom is -0.493 e. The van der Waals surface area contributed by atoms with Gasteiger partial charge in [0.25, 0.3) is 0 Å². The van der Waals surface area contributed by atoms with E-state index >= 15 is 0 Å². The van der Waals surface area contributed by atoms with Gasteiger partial charge in [0, 0.05) is 11.8 Å². The molecule has 0 spiro atoms.